The van der Waals surface area contributed by atoms with Crippen LogP contribution >= 0.6 is 0 Å². The molecule has 6 heteroatoms. The first-order chi connectivity index (χ1) is 12.1. The minimum Gasteiger partial charge on any atom is -0.486 e. The Bertz CT molecular complexity index is 647. The van der Waals surface area contributed by atoms with Crippen molar-refractivity contribution in [2.75, 3.05) is 38.1 Å². The fourth-order valence-corrected chi connectivity index (χ4v) is 2.78. The van der Waals surface area contributed by atoms with Crippen LogP contribution in [0.15, 0.2) is 41.8 Å². The molecule has 1 aliphatic carbocycles. The molecule has 3 N–H and O–H groups in total. The number of ether oxygens (including phenoxy) is 1. The summed E-state index contributed by atoms with van der Waals surface area (Å²) in [5, 5.41) is 14.0. The molecule has 134 valence electrons. The average Bonchev–Trinajstić information content (AvgIpc) is 3.37. The highest BCUT2D eigenvalue weighted by atomic mass is 16.5. The van der Waals surface area contributed by atoms with Crippen LogP contribution in [0.5, 0.6) is 0 Å². The van der Waals surface area contributed by atoms with Gasteiger partial charge in [-0.3, -0.25) is 4.79 Å². The normalized spacial score (nSPS) is 19.6. The predicted molar refractivity (Wildman–Crippen MR) is 98.6 cm³/mol. The third-order valence-corrected chi connectivity index (χ3v) is 4.73. The molecule has 1 saturated heterocycles. The van der Waals surface area contributed by atoms with Gasteiger partial charge < -0.3 is 25.7 Å². The third kappa shape index (κ3) is 4.60. The van der Waals surface area contributed by atoms with Gasteiger partial charge in [0.2, 0.25) is 5.76 Å². The maximum absolute atomic E-state index is 12.9. The van der Waals surface area contributed by atoms with Crippen molar-refractivity contribution in [2.24, 2.45) is 5.41 Å². The molecule has 2 fully saturated rings. The number of hydrogen-bond acceptors (Lipinski definition) is 5. The summed E-state index contributed by atoms with van der Waals surface area (Å²) >= 11 is 0. The number of nitrogens with zero attached hydrogens (tertiary/aromatic N) is 1. The molecule has 1 aliphatic heterocycles. The van der Waals surface area contributed by atoms with Gasteiger partial charge in [0.15, 0.2) is 0 Å². The first-order valence-electron chi connectivity index (χ1n) is 8.81. The van der Waals surface area contributed by atoms with Crippen molar-refractivity contribution >= 4 is 17.8 Å². The molecule has 0 spiro atoms. The van der Waals surface area contributed by atoms with Crippen LogP contribution in [0, 0.1) is 10.8 Å². The summed E-state index contributed by atoms with van der Waals surface area (Å²) in [5.74, 6) is -0.0543. The van der Waals surface area contributed by atoms with Crippen molar-refractivity contribution in [3.63, 3.8) is 0 Å². The third-order valence-electron chi connectivity index (χ3n) is 4.73. The fraction of sp³-hybridized carbons (Fsp3) is 0.474. The van der Waals surface area contributed by atoms with E-state index < -0.39 is 0 Å². The van der Waals surface area contributed by atoms with Crippen molar-refractivity contribution in [1.29, 1.82) is 5.41 Å². The van der Waals surface area contributed by atoms with Gasteiger partial charge in [-0.05, 0) is 25.0 Å². The lowest BCUT2D eigenvalue weighted by Crippen LogP contribution is -2.44. The number of anilines is 1. The highest BCUT2D eigenvalue weighted by Crippen LogP contribution is 2.45. The number of amides is 1. The van der Waals surface area contributed by atoms with E-state index in [9.17, 15) is 4.79 Å². The number of benzene rings is 1. The van der Waals surface area contributed by atoms with Crippen LogP contribution in [0.25, 0.3) is 0 Å². The van der Waals surface area contributed by atoms with Crippen LogP contribution in [0.4, 0.5) is 5.69 Å². The number of carbonyl (C=O) groups is 1. The number of piperazine rings is 1. The molecule has 0 aromatic heterocycles. The average molecular weight is 342 g/mol. The van der Waals surface area contributed by atoms with Crippen molar-refractivity contribution in [2.45, 2.75) is 19.8 Å². The number of carbonyl (C=O) groups excluding carboxylic acids is 1. The first kappa shape index (κ1) is 17.5. The minimum absolute atomic E-state index is 0.162. The van der Waals surface area contributed by atoms with E-state index >= 15 is 0 Å². The number of hydrogen-bond donors (Lipinski definition) is 3. The fourth-order valence-electron chi connectivity index (χ4n) is 2.78. The van der Waals surface area contributed by atoms with Crippen molar-refractivity contribution in [1.82, 2.24) is 10.2 Å². The van der Waals surface area contributed by atoms with E-state index in [2.05, 4.69) is 17.6 Å². The van der Waals surface area contributed by atoms with Crippen LogP contribution in [0.2, 0.25) is 0 Å². The van der Waals surface area contributed by atoms with E-state index in [0.717, 1.165) is 44.7 Å². The van der Waals surface area contributed by atoms with E-state index in [-0.39, 0.29) is 17.1 Å². The predicted octanol–water partition coefficient (Wildman–Crippen LogP) is 2.21. The van der Waals surface area contributed by atoms with Crippen LogP contribution < -0.4 is 10.6 Å². The summed E-state index contributed by atoms with van der Waals surface area (Å²) in [4.78, 5) is 14.9. The Morgan fingerprint density at radius 3 is 2.60 bits per heavy atom. The van der Waals surface area contributed by atoms with Gasteiger partial charge in [-0.2, -0.15) is 0 Å². The summed E-state index contributed by atoms with van der Waals surface area (Å²) in [6.45, 7) is 5.86. The lowest BCUT2D eigenvalue weighted by Gasteiger charge is -2.31. The molecule has 0 atom stereocenters. The standard InChI is InChI=1S/C19H26N4O2/c1-19(7-8-19)14-25-17(16(13-20)23-11-9-21-10-12-23)18(24)22-15-5-3-2-4-6-15/h2-6,13,20-21H,7-12,14H2,1H3,(H,22,24)/b17-16-,20-13?. The molecule has 1 aromatic rings. The van der Waals surface area contributed by atoms with E-state index in [0.29, 0.717) is 12.3 Å². The summed E-state index contributed by atoms with van der Waals surface area (Å²) in [6.07, 6.45) is 3.47. The highest BCUT2D eigenvalue weighted by molar-refractivity contribution is 6.05. The van der Waals surface area contributed by atoms with Gasteiger partial charge in [0.25, 0.3) is 5.91 Å². The van der Waals surface area contributed by atoms with Crippen molar-refractivity contribution in [3.05, 3.63) is 41.8 Å². The summed E-state index contributed by atoms with van der Waals surface area (Å²) in [5.41, 5.74) is 1.43. The Labute approximate surface area is 148 Å². The number of para-hydroxylation sites is 1. The lowest BCUT2D eigenvalue weighted by atomic mass is 10.2. The number of allylic oxidation sites excluding steroid dienone is 1. The van der Waals surface area contributed by atoms with E-state index in [1.807, 2.05) is 35.2 Å². The monoisotopic (exact) mass is 342 g/mol. The van der Waals surface area contributed by atoms with Gasteiger partial charge in [-0.1, -0.05) is 25.1 Å². The molecule has 0 radical (unpaired) electrons. The van der Waals surface area contributed by atoms with Crippen LogP contribution in [0.3, 0.4) is 0 Å². The van der Waals surface area contributed by atoms with E-state index in [1.54, 1.807) is 0 Å². The second-order valence-electron chi connectivity index (χ2n) is 7.02. The summed E-state index contributed by atoms with van der Waals surface area (Å²) in [7, 11) is 0. The van der Waals surface area contributed by atoms with Gasteiger partial charge in [-0.25, -0.2) is 0 Å². The van der Waals surface area contributed by atoms with Gasteiger partial charge in [0.05, 0.1) is 6.61 Å². The Hall–Kier alpha value is -2.34. The van der Waals surface area contributed by atoms with Crippen LogP contribution in [-0.4, -0.2) is 49.8 Å². The molecule has 0 bridgehead atoms. The number of rotatable bonds is 7. The smallest absolute Gasteiger partial charge is 0.293 e. The lowest BCUT2D eigenvalue weighted by molar-refractivity contribution is -0.116. The van der Waals surface area contributed by atoms with Crippen LogP contribution in [0.1, 0.15) is 19.8 Å². The maximum atomic E-state index is 12.9. The summed E-state index contributed by atoms with van der Waals surface area (Å²) in [6, 6.07) is 9.33. The van der Waals surface area contributed by atoms with Gasteiger partial charge in [0, 0.05) is 43.5 Å². The Balaban J connectivity index is 1.82. The second kappa shape index (κ2) is 7.70. The minimum atomic E-state index is -0.299. The Kier molecular flexibility index (Phi) is 5.38. The molecule has 1 heterocycles. The Morgan fingerprint density at radius 2 is 2.00 bits per heavy atom. The zero-order chi connectivity index (χ0) is 17.7. The Morgan fingerprint density at radius 1 is 1.32 bits per heavy atom. The molecular weight excluding hydrogens is 316 g/mol. The molecule has 1 aromatic carbocycles. The van der Waals surface area contributed by atoms with Gasteiger partial charge in [0.1, 0.15) is 5.70 Å². The van der Waals surface area contributed by atoms with Gasteiger partial charge >= 0.3 is 0 Å². The molecule has 2 aliphatic rings. The van der Waals surface area contributed by atoms with E-state index in [1.165, 1.54) is 6.21 Å². The first-order valence-corrected chi connectivity index (χ1v) is 8.81. The quantitative estimate of drug-likeness (QED) is 0.403. The molecule has 0 unspecified atom stereocenters. The highest BCUT2D eigenvalue weighted by Gasteiger charge is 2.39. The molecule has 25 heavy (non-hydrogen) atoms. The van der Waals surface area contributed by atoms with Crippen molar-refractivity contribution in [3.8, 4) is 0 Å². The number of nitrogens with one attached hydrogen (secondary N) is 3. The zero-order valence-electron chi connectivity index (χ0n) is 14.7. The van der Waals surface area contributed by atoms with Crippen molar-refractivity contribution < 1.29 is 9.53 Å². The molecule has 1 saturated carbocycles. The largest absolute Gasteiger partial charge is 0.486 e. The second-order valence-corrected chi connectivity index (χ2v) is 7.02. The molecule has 6 nitrogen and oxygen atoms in total. The topological polar surface area (TPSA) is 77.5 Å². The van der Waals surface area contributed by atoms with Gasteiger partial charge in [-0.15, -0.1) is 0 Å². The SMILES string of the molecule is CC1(CO/C(C(=O)Nc2ccccc2)=C(/C=N)N2CCNCC2)CC1. The molecular formula is C19H26N4O2. The van der Waals surface area contributed by atoms with Crippen LogP contribution in [-0.2, 0) is 9.53 Å². The zero-order valence-corrected chi connectivity index (χ0v) is 14.7. The summed E-state index contributed by atoms with van der Waals surface area (Å²) < 4.78 is 5.96. The van der Waals surface area contributed by atoms with E-state index in [4.69, 9.17) is 10.1 Å². The molecule has 1 amide bonds. The maximum Gasteiger partial charge on any atom is 0.293 e. The molecule has 3 rings (SSSR count).